The number of halogens is 6. The molecule has 5 fully saturated rings. The maximum Gasteiger partial charge on any atom is 0.417 e. The summed E-state index contributed by atoms with van der Waals surface area (Å²) in [6.07, 6.45) is -3.69. The van der Waals surface area contributed by atoms with Gasteiger partial charge in [0.05, 0.1) is 41.3 Å². The molecule has 3 N–H and O–H groups in total. The van der Waals surface area contributed by atoms with Crippen molar-refractivity contribution in [3.05, 3.63) is 23.8 Å². The number of aliphatic hydroxyl groups is 1. The number of hydrogen-bond acceptors (Lipinski definition) is 6. The van der Waals surface area contributed by atoms with Gasteiger partial charge in [-0.15, -0.1) is 0 Å². The van der Waals surface area contributed by atoms with Gasteiger partial charge in [-0.1, -0.05) is 0 Å². The third-order valence-corrected chi connectivity index (χ3v) is 9.07. The molecular formula is C24H28F6N6O2. The van der Waals surface area contributed by atoms with E-state index < -0.39 is 59.6 Å². The van der Waals surface area contributed by atoms with Crippen molar-refractivity contribution in [1.82, 2.24) is 24.5 Å². The van der Waals surface area contributed by atoms with Gasteiger partial charge in [0, 0.05) is 32.2 Å². The van der Waals surface area contributed by atoms with Crippen LogP contribution in [0, 0.1) is 11.3 Å². The van der Waals surface area contributed by atoms with Crippen LogP contribution >= 0.6 is 0 Å². The Hall–Kier alpha value is -2.48. The molecule has 0 radical (unpaired) electrons. The molecule has 208 valence electrons. The lowest BCUT2D eigenvalue weighted by Crippen LogP contribution is -2.71. The average Bonchev–Trinajstić information content (AvgIpc) is 3.23. The molecule has 2 aromatic rings. The van der Waals surface area contributed by atoms with E-state index in [9.17, 15) is 36.2 Å². The third kappa shape index (κ3) is 3.97. The van der Waals surface area contributed by atoms with Crippen molar-refractivity contribution in [2.24, 2.45) is 17.1 Å². The highest BCUT2D eigenvalue weighted by molar-refractivity contribution is 5.87. The van der Waals surface area contributed by atoms with E-state index in [1.165, 1.54) is 21.8 Å². The summed E-state index contributed by atoms with van der Waals surface area (Å²) in [5, 5.41) is 14.7. The largest absolute Gasteiger partial charge is 0.417 e. The Kier molecular flexibility index (Phi) is 5.44. The molecule has 8 nitrogen and oxygen atoms in total. The highest BCUT2D eigenvalue weighted by Crippen LogP contribution is 2.70. The predicted molar refractivity (Wildman–Crippen MR) is 119 cm³/mol. The van der Waals surface area contributed by atoms with Crippen molar-refractivity contribution in [3.63, 3.8) is 0 Å². The molecule has 38 heavy (non-hydrogen) atoms. The molecule has 3 atom stereocenters. The second-order valence-electron chi connectivity index (χ2n) is 11.8. The minimum Gasteiger partial charge on any atom is -0.380 e. The number of imidazole rings is 1. The van der Waals surface area contributed by atoms with E-state index >= 15 is 0 Å². The number of alkyl halides is 6. The molecule has 3 heterocycles. The summed E-state index contributed by atoms with van der Waals surface area (Å²) in [6, 6.07) is -1.90. The van der Waals surface area contributed by atoms with Gasteiger partial charge >= 0.3 is 6.18 Å². The molecule has 5 aliphatic rings. The zero-order valence-corrected chi connectivity index (χ0v) is 20.4. The minimum absolute atomic E-state index is 0.0119. The van der Waals surface area contributed by atoms with Crippen molar-refractivity contribution < 1.29 is 36.2 Å². The molecule has 14 heteroatoms. The molecule has 2 unspecified atom stereocenters. The lowest BCUT2D eigenvalue weighted by atomic mass is 9.41. The molecule has 2 aromatic heterocycles. The fourth-order valence-corrected chi connectivity index (χ4v) is 6.74. The Balaban J connectivity index is 1.29. The molecular weight excluding hydrogens is 518 g/mol. The van der Waals surface area contributed by atoms with Gasteiger partial charge in [-0.25, -0.2) is 27.7 Å². The molecule has 7 rings (SSSR count). The lowest BCUT2D eigenvalue weighted by molar-refractivity contribution is -0.280. The standard InChI is InChI=1S/C24H28F6N6O2/c25-21-10-20(11-21,12-21)18(37)35-6-5-22(38,24(28,29)30)7-16(35)14-8-32-36-9-15(34-19(36)33-14)17(31)13-1-3-23(26,27)4-2-13/h8-9,13,16-17,38H,1-7,10-12,31H2/t16?,17-,20?,21?,22?/m0/s1. The number of nitrogens with zero attached hydrogens (tertiary/aromatic N) is 5. The van der Waals surface area contributed by atoms with Crippen LogP contribution in [0.4, 0.5) is 26.3 Å². The fraction of sp³-hybridized carbons (Fsp3) is 0.750. The van der Waals surface area contributed by atoms with Crippen LogP contribution in [0.2, 0.25) is 0 Å². The van der Waals surface area contributed by atoms with Crippen LogP contribution in [0.5, 0.6) is 0 Å². The summed E-state index contributed by atoms with van der Waals surface area (Å²) in [7, 11) is 0. The van der Waals surface area contributed by atoms with E-state index in [1.54, 1.807) is 0 Å². The predicted octanol–water partition coefficient (Wildman–Crippen LogP) is 3.80. The van der Waals surface area contributed by atoms with Gasteiger partial charge in [0.15, 0.2) is 5.60 Å². The molecule has 1 aliphatic heterocycles. The van der Waals surface area contributed by atoms with Gasteiger partial charge in [0.1, 0.15) is 5.67 Å². The van der Waals surface area contributed by atoms with Gasteiger partial charge in [-0.05, 0) is 38.0 Å². The number of amides is 1. The van der Waals surface area contributed by atoms with Crippen LogP contribution in [0.3, 0.4) is 0 Å². The monoisotopic (exact) mass is 546 g/mol. The minimum atomic E-state index is -4.93. The van der Waals surface area contributed by atoms with Crippen molar-refractivity contribution in [2.45, 2.75) is 93.2 Å². The summed E-state index contributed by atoms with van der Waals surface area (Å²) in [4.78, 5) is 23.4. The molecule has 1 saturated heterocycles. The van der Waals surface area contributed by atoms with Gasteiger partial charge in [0.25, 0.3) is 5.78 Å². The van der Waals surface area contributed by atoms with Crippen molar-refractivity contribution in [2.75, 3.05) is 6.54 Å². The Bertz CT molecular complexity index is 1250. The first-order valence-corrected chi connectivity index (χ1v) is 12.8. The van der Waals surface area contributed by atoms with Gasteiger partial charge in [-0.3, -0.25) is 4.79 Å². The number of carbonyl (C=O) groups excluding carboxylic acids is 1. The highest BCUT2D eigenvalue weighted by Gasteiger charge is 2.74. The molecule has 0 spiro atoms. The summed E-state index contributed by atoms with van der Waals surface area (Å²) < 4.78 is 83.8. The fourth-order valence-electron chi connectivity index (χ4n) is 6.74. The molecule has 4 aliphatic carbocycles. The number of hydrogen-bond donors (Lipinski definition) is 2. The quantitative estimate of drug-likeness (QED) is 0.565. The topological polar surface area (TPSA) is 110 Å². The molecule has 4 saturated carbocycles. The second kappa shape index (κ2) is 8.03. The third-order valence-electron chi connectivity index (χ3n) is 9.07. The Morgan fingerprint density at radius 3 is 2.37 bits per heavy atom. The highest BCUT2D eigenvalue weighted by atomic mass is 19.4. The Labute approximate surface area is 213 Å². The van der Waals surface area contributed by atoms with E-state index in [0.717, 1.165) is 0 Å². The maximum atomic E-state index is 14.1. The number of likely N-dealkylation sites (tertiary alicyclic amines) is 1. The molecule has 0 aromatic carbocycles. The van der Waals surface area contributed by atoms with E-state index in [0.29, 0.717) is 5.69 Å². The van der Waals surface area contributed by atoms with Gasteiger partial charge in [0.2, 0.25) is 11.8 Å². The van der Waals surface area contributed by atoms with Crippen LogP contribution in [0.1, 0.15) is 81.3 Å². The number of nitrogens with two attached hydrogens (primary N) is 1. The van der Waals surface area contributed by atoms with Gasteiger partial charge in [-0.2, -0.15) is 18.3 Å². The van der Waals surface area contributed by atoms with Crippen molar-refractivity contribution in [1.29, 1.82) is 0 Å². The Morgan fingerprint density at radius 2 is 1.76 bits per heavy atom. The Morgan fingerprint density at radius 1 is 1.11 bits per heavy atom. The lowest BCUT2D eigenvalue weighted by Gasteiger charge is -2.65. The van der Waals surface area contributed by atoms with Crippen molar-refractivity contribution in [3.8, 4) is 0 Å². The van der Waals surface area contributed by atoms with E-state index in [1.807, 2.05) is 0 Å². The normalized spacial score (nSPS) is 36.0. The van der Waals surface area contributed by atoms with Gasteiger partial charge < -0.3 is 15.7 Å². The zero-order valence-electron chi connectivity index (χ0n) is 20.4. The number of carbonyl (C=O) groups is 1. The van der Waals surface area contributed by atoms with E-state index in [4.69, 9.17) is 5.73 Å². The SMILES string of the molecule is N[C@H](c1cn2ncc(C3CC(O)(C(F)(F)F)CCN3C(=O)C34CC(F)(C3)C4)nc2n1)C1CCC(F)(F)CC1. The second-order valence-corrected chi connectivity index (χ2v) is 11.8. The van der Waals surface area contributed by atoms with Crippen LogP contribution < -0.4 is 5.73 Å². The first-order valence-electron chi connectivity index (χ1n) is 12.8. The molecule has 2 bridgehead atoms. The summed E-state index contributed by atoms with van der Waals surface area (Å²) in [5.41, 5.74) is 1.37. The van der Waals surface area contributed by atoms with Crippen LogP contribution in [-0.2, 0) is 4.79 Å². The smallest absolute Gasteiger partial charge is 0.380 e. The number of aromatic nitrogens is 4. The zero-order chi connectivity index (χ0) is 27.3. The summed E-state index contributed by atoms with van der Waals surface area (Å²) in [5.74, 6) is -3.35. The van der Waals surface area contributed by atoms with E-state index in [2.05, 4.69) is 15.1 Å². The van der Waals surface area contributed by atoms with Crippen molar-refractivity contribution >= 4 is 11.7 Å². The maximum absolute atomic E-state index is 14.1. The van der Waals surface area contributed by atoms with Crippen LogP contribution in [0.25, 0.3) is 5.78 Å². The van der Waals surface area contributed by atoms with E-state index in [-0.39, 0.29) is 68.9 Å². The average molecular weight is 547 g/mol. The first kappa shape index (κ1) is 25.8. The number of fused-ring (bicyclic) bond motifs is 1. The number of rotatable bonds is 4. The van der Waals surface area contributed by atoms with Crippen LogP contribution in [-0.4, -0.2) is 65.4 Å². The number of piperidine rings is 1. The summed E-state index contributed by atoms with van der Waals surface area (Å²) in [6.45, 7) is -0.371. The first-order chi connectivity index (χ1) is 17.6. The van der Waals surface area contributed by atoms with Crippen LogP contribution in [0.15, 0.2) is 12.4 Å². The summed E-state index contributed by atoms with van der Waals surface area (Å²) >= 11 is 0. The molecule has 1 amide bonds.